The zero-order chi connectivity index (χ0) is 12.0. The van der Waals surface area contributed by atoms with E-state index in [1.54, 1.807) is 29.2 Å². The summed E-state index contributed by atoms with van der Waals surface area (Å²) in [4.78, 5) is 27.1. The van der Waals surface area contributed by atoms with Crippen LogP contribution in [0, 0.1) is 0 Å². The van der Waals surface area contributed by atoms with Crippen molar-refractivity contribution in [1.82, 2.24) is 4.90 Å². The van der Waals surface area contributed by atoms with Crippen LogP contribution in [0.25, 0.3) is 0 Å². The van der Waals surface area contributed by atoms with Crippen LogP contribution in [0.15, 0.2) is 29.3 Å². The summed E-state index contributed by atoms with van der Waals surface area (Å²) in [6, 6.07) is 6.58. The van der Waals surface area contributed by atoms with Gasteiger partial charge in [-0.05, 0) is 38.1 Å². The Balaban J connectivity index is 2.88. The van der Waals surface area contributed by atoms with Crippen molar-refractivity contribution in [3.8, 4) is 0 Å². The molecule has 0 fully saturated rings. The van der Waals surface area contributed by atoms with Gasteiger partial charge >= 0.3 is 0 Å². The Hall–Kier alpha value is -1.93. The van der Waals surface area contributed by atoms with Gasteiger partial charge < -0.3 is 4.90 Å². The molecule has 0 saturated carbocycles. The Labute approximate surface area is 94.6 Å². The Morgan fingerprint density at radius 2 is 1.81 bits per heavy atom. The van der Waals surface area contributed by atoms with Gasteiger partial charge in [0.1, 0.15) is 0 Å². The van der Waals surface area contributed by atoms with Gasteiger partial charge in [-0.25, -0.2) is 4.79 Å². The summed E-state index contributed by atoms with van der Waals surface area (Å²) in [5, 5.41) is 0. The highest BCUT2D eigenvalue weighted by Gasteiger charge is 2.11. The van der Waals surface area contributed by atoms with E-state index < -0.39 is 0 Å². The van der Waals surface area contributed by atoms with Gasteiger partial charge in [0.25, 0.3) is 5.91 Å². The molecule has 0 spiro atoms. The van der Waals surface area contributed by atoms with E-state index in [1.807, 2.05) is 13.8 Å². The molecule has 0 aliphatic rings. The van der Waals surface area contributed by atoms with Gasteiger partial charge in [0.05, 0.1) is 5.69 Å². The quantitative estimate of drug-likeness (QED) is 0.574. The highest BCUT2D eigenvalue weighted by atomic mass is 16.2. The fourth-order valence-electron chi connectivity index (χ4n) is 1.42. The van der Waals surface area contributed by atoms with Gasteiger partial charge in [-0.15, -0.1) is 0 Å². The van der Waals surface area contributed by atoms with E-state index in [2.05, 4.69) is 4.99 Å². The number of aliphatic imine (C=N–C) groups is 1. The van der Waals surface area contributed by atoms with E-state index in [1.165, 1.54) is 6.08 Å². The number of rotatable bonds is 4. The van der Waals surface area contributed by atoms with Gasteiger partial charge in [0.2, 0.25) is 6.08 Å². The first-order chi connectivity index (χ1) is 7.72. The first kappa shape index (κ1) is 12.1. The van der Waals surface area contributed by atoms with E-state index in [0.717, 1.165) is 0 Å². The summed E-state index contributed by atoms with van der Waals surface area (Å²) in [6.45, 7) is 5.24. The summed E-state index contributed by atoms with van der Waals surface area (Å²) >= 11 is 0. The molecule has 0 radical (unpaired) electrons. The van der Waals surface area contributed by atoms with E-state index in [9.17, 15) is 9.59 Å². The molecule has 1 aromatic rings. The molecule has 0 unspecified atom stereocenters. The van der Waals surface area contributed by atoms with Crippen LogP contribution in [0.1, 0.15) is 24.2 Å². The number of amides is 1. The van der Waals surface area contributed by atoms with Crippen molar-refractivity contribution < 1.29 is 9.59 Å². The van der Waals surface area contributed by atoms with Gasteiger partial charge in [0, 0.05) is 18.7 Å². The van der Waals surface area contributed by atoms with Crippen molar-refractivity contribution in [3.05, 3.63) is 29.8 Å². The average molecular weight is 218 g/mol. The van der Waals surface area contributed by atoms with E-state index >= 15 is 0 Å². The zero-order valence-corrected chi connectivity index (χ0v) is 9.43. The Bertz CT molecular complexity index is 402. The number of carbonyl (C=O) groups is 1. The number of benzene rings is 1. The maximum atomic E-state index is 11.9. The molecule has 1 rings (SSSR count). The maximum absolute atomic E-state index is 11.9. The minimum atomic E-state index is -0.00775. The lowest BCUT2D eigenvalue weighted by Gasteiger charge is -2.18. The van der Waals surface area contributed by atoms with Crippen LogP contribution in [-0.2, 0) is 4.79 Å². The minimum absolute atomic E-state index is 0.00775. The summed E-state index contributed by atoms with van der Waals surface area (Å²) in [5.74, 6) is -0.00775. The molecule has 0 atom stereocenters. The second kappa shape index (κ2) is 5.83. The highest BCUT2D eigenvalue weighted by molar-refractivity contribution is 5.94. The molecular formula is C12H14N2O2. The average Bonchev–Trinajstić information content (AvgIpc) is 2.32. The molecule has 0 N–H and O–H groups in total. The van der Waals surface area contributed by atoms with Gasteiger partial charge in [0.15, 0.2) is 0 Å². The molecule has 0 saturated heterocycles. The van der Waals surface area contributed by atoms with Crippen molar-refractivity contribution in [3.63, 3.8) is 0 Å². The normalized spacial score (nSPS) is 9.38. The molecule has 0 aromatic heterocycles. The second-order valence-electron chi connectivity index (χ2n) is 3.23. The second-order valence-corrected chi connectivity index (χ2v) is 3.23. The fraction of sp³-hybridized carbons (Fsp3) is 0.333. The molecule has 0 heterocycles. The topological polar surface area (TPSA) is 49.7 Å². The number of nitrogens with zero attached hydrogens (tertiary/aromatic N) is 2. The molecule has 0 aliphatic heterocycles. The third-order valence-electron chi connectivity index (χ3n) is 2.34. The summed E-state index contributed by atoms with van der Waals surface area (Å²) < 4.78 is 0. The summed E-state index contributed by atoms with van der Waals surface area (Å²) in [7, 11) is 0. The van der Waals surface area contributed by atoms with Crippen LogP contribution in [0.4, 0.5) is 5.69 Å². The lowest BCUT2D eigenvalue weighted by atomic mass is 10.2. The Morgan fingerprint density at radius 3 is 2.25 bits per heavy atom. The van der Waals surface area contributed by atoms with Crippen LogP contribution < -0.4 is 0 Å². The first-order valence-electron chi connectivity index (χ1n) is 5.20. The van der Waals surface area contributed by atoms with Crippen molar-refractivity contribution in [1.29, 1.82) is 0 Å². The lowest BCUT2D eigenvalue weighted by Crippen LogP contribution is -2.30. The van der Waals surface area contributed by atoms with Crippen molar-refractivity contribution in [2.75, 3.05) is 13.1 Å². The SMILES string of the molecule is CCN(CC)C(=O)c1ccc(N=C=O)cc1. The molecule has 4 heteroatoms. The van der Waals surface area contributed by atoms with E-state index in [-0.39, 0.29) is 5.91 Å². The van der Waals surface area contributed by atoms with Crippen molar-refractivity contribution in [2.24, 2.45) is 4.99 Å². The van der Waals surface area contributed by atoms with Crippen LogP contribution in [0.3, 0.4) is 0 Å². The van der Waals surface area contributed by atoms with Crippen LogP contribution in [-0.4, -0.2) is 30.0 Å². The Kier molecular flexibility index (Phi) is 4.42. The zero-order valence-electron chi connectivity index (χ0n) is 9.43. The van der Waals surface area contributed by atoms with Crippen LogP contribution in [0.5, 0.6) is 0 Å². The van der Waals surface area contributed by atoms with E-state index in [0.29, 0.717) is 24.3 Å². The number of carbonyl (C=O) groups excluding carboxylic acids is 2. The predicted octanol–water partition coefficient (Wildman–Crippen LogP) is 2.14. The largest absolute Gasteiger partial charge is 0.339 e. The number of isocyanates is 1. The van der Waals surface area contributed by atoms with Crippen LogP contribution in [0.2, 0.25) is 0 Å². The molecular weight excluding hydrogens is 204 g/mol. The smallest absolute Gasteiger partial charge is 0.253 e. The molecule has 16 heavy (non-hydrogen) atoms. The monoisotopic (exact) mass is 218 g/mol. The molecule has 0 aliphatic carbocycles. The molecule has 1 aromatic carbocycles. The van der Waals surface area contributed by atoms with Gasteiger partial charge in [-0.3, -0.25) is 4.79 Å². The molecule has 4 nitrogen and oxygen atoms in total. The first-order valence-corrected chi connectivity index (χ1v) is 5.20. The highest BCUT2D eigenvalue weighted by Crippen LogP contribution is 2.13. The van der Waals surface area contributed by atoms with Crippen molar-refractivity contribution >= 4 is 17.7 Å². The minimum Gasteiger partial charge on any atom is -0.339 e. The summed E-state index contributed by atoms with van der Waals surface area (Å²) in [6.07, 6.45) is 1.46. The number of hydrogen-bond acceptors (Lipinski definition) is 3. The standard InChI is InChI=1S/C12H14N2O2/c1-3-14(4-2)12(16)10-5-7-11(8-6-10)13-9-15/h5-8H,3-4H2,1-2H3. The third kappa shape index (κ3) is 2.78. The lowest BCUT2D eigenvalue weighted by molar-refractivity contribution is 0.0773. The fourth-order valence-corrected chi connectivity index (χ4v) is 1.42. The van der Waals surface area contributed by atoms with Crippen LogP contribution >= 0.6 is 0 Å². The van der Waals surface area contributed by atoms with Crippen molar-refractivity contribution in [2.45, 2.75) is 13.8 Å². The van der Waals surface area contributed by atoms with Gasteiger partial charge in [-0.2, -0.15) is 4.99 Å². The maximum Gasteiger partial charge on any atom is 0.253 e. The number of hydrogen-bond donors (Lipinski definition) is 0. The summed E-state index contributed by atoms with van der Waals surface area (Å²) in [5.41, 5.74) is 1.11. The Morgan fingerprint density at radius 1 is 1.25 bits per heavy atom. The molecule has 1 amide bonds. The van der Waals surface area contributed by atoms with E-state index in [4.69, 9.17) is 0 Å². The van der Waals surface area contributed by atoms with Gasteiger partial charge in [-0.1, -0.05) is 0 Å². The third-order valence-corrected chi connectivity index (χ3v) is 2.34. The molecule has 0 bridgehead atoms. The molecule has 84 valence electrons. The predicted molar refractivity (Wildman–Crippen MR) is 61.5 cm³/mol.